The topological polar surface area (TPSA) is 119 Å². The summed E-state index contributed by atoms with van der Waals surface area (Å²) >= 11 is 0. The normalized spacial score (nSPS) is 10.2. The zero-order valence-corrected chi connectivity index (χ0v) is 8.75. The highest BCUT2D eigenvalue weighted by Crippen LogP contribution is 2.15. The molecule has 0 aliphatic heterocycles. The number of aromatic nitrogens is 4. The van der Waals surface area contributed by atoms with Crippen molar-refractivity contribution in [3.8, 4) is 0 Å². The van der Waals surface area contributed by atoms with Crippen molar-refractivity contribution in [2.24, 2.45) is 7.05 Å². The largest absolute Gasteiger partial charge is 0.340 e. The Kier molecular flexibility index (Phi) is 2.57. The van der Waals surface area contributed by atoms with Crippen LogP contribution >= 0.6 is 0 Å². The van der Waals surface area contributed by atoms with E-state index in [-0.39, 0.29) is 17.3 Å². The Morgan fingerprint density at radius 2 is 2.41 bits per heavy atom. The molecule has 9 heteroatoms. The molecule has 0 spiro atoms. The molecule has 17 heavy (non-hydrogen) atoms. The summed E-state index contributed by atoms with van der Waals surface area (Å²) in [5.74, 6) is -0.323. The van der Waals surface area contributed by atoms with Crippen LogP contribution in [-0.4, -0.2) is 30.6 Å². The van der Waals surface area contributed by atoms with Gasteiger partial charge in [0, 0.05) is 13.1 Å². The quantitative estimate of drug-likeness (QED) is 0.586. The van der Waals surface area contributed by atoms with Crippen LogP contribution in [0.2, 0.25) is 0 Å². The number of anilines is 1. The van der Waals surface area contributed by atoms with E-state index in [1.807, 2.05) is 0 Å². The Hall–Kier alpha value is -2.71. The maximum Gasteiger partial charge on any atom is 0.287 e. The molecule has 0 bridgehead atoms. The predicted molar refractivity (Wildman–Crippen MR) is 56.4 cm³/mol. The number of H-pyrrole nitrogens is 1. The minimum atomic E-state index is -0.564. The molecule has 0 unspecified atom stereocenters. The average Bonchev–Trinajstić information content (AvgIpc) is 2.86. The second kappa shape index (κ2) is 4.04. The van der Waals surface area contributed by atoms with Crippen LogP contribution in [0.3, 0.4) is 0 Å². The van der Waals surface area contributed by atoms with Gasteiger partial charge in [0.2, 0.25) is 5.95 Å². The lowest BCUT2D eigenvalue weighted by Gasteiger charge is -2.01. The van der Waals surface area contributed by atoms with Crippen LogP contribution < -0.4 is 5.32 Å². The Morgan fingerprint density at radius 1 is 1.65 bits per heavy atom. The first-order chi connectivity index (χ1) is 8.08. The molecule has 0 saturated carbocycles. The number of hydrogen-bond acceptors (Lipinski definition) is 5. The van der Waals surface area contributed by atoms with E-state index in [2.05, 4.69) is 20.5 Å². The van der Waals surface area contributed by atoms with Crippen molar-refractivity contribution in [2.45, 2.75) is 0 Å². The summed E-state index contributed by atoms with van der Waals surface area (Å²) in [6, 6.07) is 1.19. The van der Waals surface area contributed by atoms with Gasteiger partial charge in [-0.05, 0) is 0 Å². The molecule has 0 fully saturated rings. The van der Waals surface area contributed by atoms with Crippen LogP contribution in [0.5, 0.6) is 0 Å². The van der Waals surface area contributed by atoms with Crippen LogP contribution in [0, 0.1) is 10.1 Å². The molecule has 0 aromatic carbocycles. The van der Waals surface area contributed by atoms with E-state index in [0.29, 0.717) is 0 Å². The number of rotatable bonds is 3. The molecule has 2 aromatic heterocycles. The van der Waals surface area contributed by atoms with Gasteiger partial charge in [-0.3, -0.25) is 20.2 Å². The highest BCUT2D eigenvalue weighted by molar-refractivity contribution is 6.02. The van der Waals surface area contributed by atoms with E-state index in [0.717, 1.165) is 0 Å². The molecule has 88 valence electrons. The van der Waals surface area contributed by atoms with Gasteiger partial charge in [0.05, 0.1) is 11.1 Å². The van der Waals surface area contributed by atoms with Gasteiger partial charge in [0.1, 0.15) is 12.0 Å². The second-order valence-corrected chi connectivity index (χ2v) is 3.24. The molecule has 2 N–H and O–H groups in total. The standard InChI is InChI=1S/C8H8N6O3/c1-13-3-5(14(16)17)2-6(13)7(15)11-8-9-4-10-12-8/h2-4H,1H3,(H2,9,10,11,12,15). The molecule has 9 nitrogen and oxygen atoms in total. The highest BCUT2D eigenvalue weighted by Gasteiger charge is 2.18. The molecule has 2 heterocycles. The Morgan fingerprint density at radius 3 is 2.94 bits per heavy atom. The third-order valence-electron chi connectivity index (χ3n) is 2.08. The predicted octanol–water partition coefficient (Wildman–Crippen LogP) is 0.304. The van der Waals surface area contributed by atoms with E-state index in [1.54, 1.807) is 7.05 Å². The number of nitrogens with zero attached hydrogens (tertiary/aromatic N) is 4. The number of nitrogens with one attached hydrogen (secondary N) is 2. The zero-order chi connectivity index (χ0) is 12.4. The SMILES string of the molecule is Cn1cc([N+](=O)[O-])cc1C(=O)Nc1ncn[nH]1. The fourth-order valence-electron chi connectivity index (χ4n) is 1.31. The van der Waals surface area contributed by atoms with Gasteiger partial charge in [0.15, 0.2) is 0 Å². The third-order valence-corrected chi connectivity index (χ3v) is 2.08. The van der Waals surface area contributed by atoms with Gasteiger partial charge in [-0.2, -0.15) is 10.1 Å². The van der Waals surface area contributed by atoms with Crippen molar-refractivity contribution < 1.29 is 9.72 Å². The average molecular weight is 236 g/mol. The zero-order valence-electron chi connectivity index (χ0n) is 8.75. The monoisotopic (exact) mass is 236 g/mol. The Labute approximate surface area is 94.6 Å². The Balaban J connectivity index is 2.22. The molecule has 0 saturated heterocycles. The lowest BCUT2D eigenvalue weighted by molar-refractivity contribution is -0.384. The van der Waals surface area contributed by atoms with Crippen LogP contribution in [0.1, 0.15) is 10.5 Å². The molecule has 1 amide bonds. The first-order valence-corrected chi connectivity index (χ1v) is 4.55. The summed E-state index contributed by atoms with van der Waals surface area (Å²) in [5.41, 5.74) is 0.0170. The third kappa shape index (κ3) is 2.12. The van der Waals surface area contributed by atoms with Crippen molar-refractivity contribution >= 4 is 17.5 Å². The van der Waals surface area contributed by atoms with Crippen molar-refractivity contribution in [2.75, 3.05) is 5.32 Å². The first-order valence-electron chi connectivity index (χ1n) is 4.55. The van der Waals surface area contributed by atoms with E-state index in [1.165, 1.54) is 23.2 Å². The minimum Gasteiger partial charge on any atom is -0.340 e. The van der Waals surface area contributed by atoms with E-state index in [9.17, 15) is 14.9 Å². The number of carbonyl (C=O) groups is 1. The van der Waals surface area contributed by atoms with Crippen LogP contribution in [0.4, 0.5) is 11.6 Å². The number of carbonyl (C=O) groups excluding carboxylic acids is 1. The Bertz CT molecular complexity index is 558. The fraction of sp³-hybridized carbons (Fsp3) is 0.125. The summed E-state index contributed by atoms with van der Waals surface area (Å²) in [6.45, 7) is 0. The molecule has 0 atom stereocenters. The van der Waals surface area contributed by atoms with Gasteiger partial charge >= 0.3 is 0 Å². The summed E-state index contributed by atoms with van der Waals surface area (Å²) in [7, 11) is 1.54. The highest BCUT2D eigenvalue weighted by atomic mass is 16.6. The fourth-order valence-corrected chi connectivity index (χ4v) is 1.31. The van der Waals surface area contributed by atoms with E-state index in [4.69, 9.17) is 0 Å². The number of aromatic amines is 1. The maximum atomic E-state index is 11.7. The smallest absolute Gasteiger partial charge is 0.287 e. The maximum absolute atomic E-state index is 11.7. The number of hydrogen-bond donors (Lipinski definition) is 2. The van der Waals surface area contributed by atoms with Crippen molar-refractivity contribution in [3.05, 3.63) is 34.4 Å². The van der Waals surface area contributed by atoms with Crippen molar-refractivity contribution in [3.63, 3.8) is 0 Å². The van der Waals surface area contributed by atoms with Crippen LogP contribution in [0.25, 0.3) is 0 Å². The summed E-state index contributed by atoms with van der Waals surface area (Å²) in [4.78, 5) is 25.4. The molecule has 2 rings (SSSR count). The van der Waals surface area contributed by atoms with Gasteiger partial charge in [0.25, 0.3) is 11.6 Å². The van der Waals surface area contributed by atoms with Crippen molar-refractivity contribution in [1.29, 1.82) is 0 Å². The lowest BCUT2D eigenvalue weighted by Crippen LogP contribution is -2.16. The molecular formula is C8H8N6O3. The summed E-state index contributed by atoms with van der Waals surface area (Å²) < 4.78 is 1.36. The van der Waals surface area contributed by atoms with E-state index >= 15 is 0 Å². The van der Waals surface area contributed by atoms with E-state index < -0.39 is 10.8 Å². The van der Waals surface area contributed by atoms with Gasteiger partial charge < -0.3 is 4.57 Å². The van der Waals surface area contributed by atoms with Gasteiger partial charge in [-0.25, -0.2) is 5.10 Å². The van der Waals surface area contributed by atoms with Crippen LogP contribution in [-0.2, 0) is 7.05 Å². The molecular weight excluding hydrogens is 228 g/mol. The van der Waals surface area contributed by atoms with Gasteiger partial charge in [-0.1, -0.05) is 0 Å². The second-order valence-electron chi connectivity index (χ2n) is 3.24. The molecule has 0 radical (unpaired) electrons. The van der Waals surface area contributed by atoms with Crippen molar-refractivity contribution in [1.82, 2.24) is 19.7 Å². The van der Waals surface area contributed by atoms with Gasteiger partial charge in [-0.15, -0.1) is 0 Å². The number of aryl methyl sites for hydroxylation is 1. The van der Waals surface area contributed by atoms with Crippen LogP contribution in [0.15, 0.2) is 18.6 Å². The first kappa shape index (κ1) is 10.8. The molecule has 0 aliphatic carbocycles. The summed E-state index contributed by atoms with van der Waals surface area (Å²) in [6.07, 6.45) is 2.50. The molecule has 0 aliphatic rings. The number of nitro groups is 1. The molecule has 2 aromatic rings. The number of amides is 1. The lowest BCUT2D eigenvalue weighted by atomic mass is 10.4. The summed E-state index contributed by atoms with van der Waals surface area (Å²) in [5, 5.41) is 19.0. The minimum absolute atomic E-state index is 0.143.